The Morgan fingerprint density at radius 1 is 1.53 bits per heavy atom. The van der Waals surface area contributed by atoms with E-state index >= 15 is 0 Å². The van der Waals surface area contributed by atoms with E-state index in [4.69, 9.17) is 11.0 Å². The maximum Gasteiger partial charge on any atom is 0.228 e. The molecule has 1 aliphatic rings. The molecule has 0 unspecified atom stereocenters. The second-order valence-electron chi connectivity index (χ2n) is 4.99. The van der Waals surface area contributed by atoms with Gasteiger partial charge in [0.25, 0.3) is 0 Å². The van der Waals surface area contributed by atoms with Gasteiger partial charge < -0.3 is 16.0 Å². The molecule has 1 heterocycles. The Labute approximate surface area is 113 Å². The molecule has 0 aromatic heterocycles. The van der Waals surface area contributed by atoms with Gasteiger partial charge in [-0.1, -0.05) is 0 Å². The first-order valence-electron chi connectivity index (χ1n) is 6.38. The van der Waals surface area contributed by atoms with Gasteiger partial charge in [-0.25, -0.2) is 0 Å². The summed E-state index contributed by atoms with van der Waals surface area (Å²) in [5.41, 5.74) is 9.39. The second-order valence-corrected chi connectivity index (χ2v) is 4.99. The van der Waals surface area contributed by atoms with Gasteiger partial charge in [0.15, 0.2) is 0 Å². The number of nitrogen functional groups attached to an aromatic ring is 1. The Balaban J connectivity index is 2.36. The molecule has 5 nitrogen and oxygen atoms in total. The molecule has 0 saturated carbocycles. The van der Waals surface area contributed by atoms with Gasteiger partial charge >= 0.3 is 0 Å². The number of amides is 1. The Kier molecular flexibility index (Phi) is 3.61. The van der Waals surface area contributed by atoms with Gasteiger partial charge in [0, 0.05) is 18.3 Å². The summed E-state index contributed by atoms with van der Waals surface area (Å²) in [6, 6.07) is 6.15. The first kappa shape index (κ1) is 13.2. The summed E-state index contributed by atoms with van der Waals surface area (Å²) in [5, 5.41) is 11.6. The van der Waals surface area contributed by atoms with Crippen LogP contribution in [0.25, 0.3) is 0 Å². The minimum Gasteiger partial charge on any atom is -0.397 e. The zero-order valence-corrected chi connectivity index (χ0v) is 11.2. The van der Waals surface area contributed by atoms with Gasteiger partial charge in [-0.05, 0) is 31.5 Å². The topological polar surface area (TPSA) is 82.2 Å². The maximum absolute atomic E-state index is 11.4. The highest BCUT2D eigenvalue weighted by Gasteiger charge is 2.22. The molecule has 19 heavy (non-hydrogen) atoms. The van der Waals surface area contributed by atoms with E-state index in [-0.39, 0.29) is 11.9 Å². The van der Waals surface area contributed by atoms with Crippen molar-refractivity contribution in [3.05, 3.63) is 17.7 Å². The molecule has 1 aromatic rings. The predicted octanol–water partition coefficient (Wildman–Crippen LogP) is 1.89. The highest BCUT2D eigenvalue weighted by Crippen LogP contribution is 2.34. The van der Waals surface area contributed by atoms with Crippen LogP contribution in [0.5, 0.6) is 0 Å². The normalized spacial score (nSPS) is 13.1. The molecule has 0 spiro atoms. The van der Waals surface area contributed by atoms with Crippen LogP contribution in [0.3, 0.4) is 0 Å². The fraction of sp³-hybridized carbons (Fsp3) is 0.429. The highest BCUT2D eigenvalue weighted by molar-refractivity contribution is 6.00. The van der Waals surface area contributed by atoms with Crippen LogP contribution in [0.1, 0.15) is 25.8 Å². The fourth-order valence-corrected chi connectivity index (χ4v) is 2.36. The molecule has 0 fully saturated rings. The third-order valence-electron chi connectivity index (χ3n) is 3.27. The van der Waals surface area contributed by atoms with Crippen molar-refractivity contribution in [1.82, 2.24) is 0 Å². The number of carbonyl (C=O) groups excluding carboxylic acids is 1. The van der Waals surface area contributed by atoms with Gasteiger partial charge in [0.2, 0.25) is 5.91 Å². The quantitative estimate of drug-likeness (QED) is 0.808. The van der Waals surface area contributed by atoms with Crippen molar-refractivity contribution in [3.8, 4) is 6.07 Å². The third kappa shape index (κ3) is 2.63. The van der Waals surface area contributed by atoms with Crippen LogP contribution < -0.4 is 16.0 Å². The summed E-state index contributed by atoms with van der Waals surface area (Å²) in [4.78, 5) is 13.5. The number of carbonyl (C=O) groups is 1. The Bertz CT molecular complexity index is 545. The van der Waals surface area contributed by atoms with Crippen molar-refractivity contribution in [3.63, 3.8) is 0 Å². The first-order chi connectivity index (χ1) is 9.02. The lowest BCUT2D eigenvalue weighted by Gasteiger charge is -2.29. The molecule has 100 valence electrons. The van der Waals surface area contributed by atoms with E-state index in [1.54, 1.807) is 0 Å². The second kappa shape index (κ2) is 5.19. The number of hydrogen-bond donors (Lipinski definition) is 2. The number of nitrogens with two attached hydrogens (primary N) is 1. The zero-order valence-electron chi connectivity index (χ0n) is 11.2. The van der Waals surface area contributed by atoms with Gasteiger partial charge in [0.1, 0.15) is 0 Å². The number of benzene rings is 1. The Morgan fingerprint density at radius 3 is 2.89 bits per heavy atom. The molecule has 3 N–H and O–H groups in total. The molecule has 1 aromatic carbocycles. The van der Waals surface area contributed by atoms with E-state index in [2.05, 4.69) is 30.1 Å². The van der Waals surface area contributed by atoms with Crippen molar-refractivity contribution in [2.45, 2.75) is 32.7 Å². The lowest BCUT2D eigenvalue weighted by Crippen LogP contribution is -2.32. The summed E-state index contributed by atoms with van der Waals surface area (Å²) >= 11 is 0. The van der Waals surface area contributed by atoms with E-state index in [0.717, 1.165) is 16.9 Å². The van der Waals surface area contributed by atoms with E-state index in [9.17, 15) is 4.79 Å². The predicted molar refractivity (Wildman–Crippen MR) is 75.9 cm³/mol. The zero-order chi connectivity index (χ0) is 14.0. The van der Waals surface area contributed by atoms with Crippen LogP contribution in [0, 0.1) is 11.3 Å². The molecule has 0 atom stereocenters. The maximum atomic E-state index is 11.4. The molecule has 0 saturated heterocycles. The molecule has 1 aliphatic heterocycles. The number of nitriles is 1. The Hall–Kier alpha value is -2.22. The average molecular weight is 258 g/mol. The minimum atomic E-state index is -0.000304. The van der Waals surface area contributed by atoms with Crippen LogP contribution in [-0.4, -0.2) is 18.5 Å². The largest absolute Gasteiger partial charge is 0.397 e. The third-order valence-corrected chi connectivity index (χ3v) is 3.27. The lowest BCUT2D eigenvalue weighted by molar-refractivity contribution is -0.115. The fourth-order valence-electron chi connectivity index (χ4n) is 2.36. The Morgan fingerprint density at radius 2 is 2.26 bits per heavy atom. The molecular formula is C14H18N4O. The molecule has 0 aliphatic carbocycles. The molecule has 0 bridgehead atoms. The van der Waals surface area contributed by atoms with E-state index < -0.39 is 0 Å². The van der Waals surface area contributed by atoms with Gasteiger partial charge in [-0.2, -0.15) is 5.26 Å². The summed E-state index contributed by atoms with van der Waals surface area (Å²) in [6.45, 7) is 4.75. The van der Waals surface area contributed by atoms with Crippen LogP contribution in [0.15, 0.2) is 12.1 Å². The molecular weight excluding hydrogens is 240 g/mol. The van der Waals surface area contributed by atoms with E-state index in [0.29, 0.717) is 25.1 Å². The molecule has 1 amide bonds. The number of nitrogens with one attached hydrogen (secondary N) is 1. The van der Waals surface area contributed by atoms with Crippen molar-refractivity contribution < 1.29 is 4.79 Å². The van der Waals surface area contributed by atoms with Crippen LogP contribution in [0.2, 0.25) is 0 Å². The van der Waals surface area contributed by atoms with Crippen molar-refractivity contribution in [2.75, 3.05) is 22.5 Å². The summed E-state index contributed by atoms with van der Waals surface area (Å²) in [6.07, 6.45) is 0.834. The van der Waals surface area contributed by atoms with Gasteiger partial charge in [0.05, 0.1) is 30.3 Å². The number of hydrogen-bond acceptors (Lipinski definition) is 4. The van der Waals surface area contributed by atoms with Crippen LogP contribution in [0.4, 0.5) is 17.1 Å². The number of nitrogens with zero attached hydrogens (tertiary/aromatic N) is 2. The van der Waals surface area contributed by atoms with Gasteiger partial charge in [-0.3, -0.25) is 4.79 Å². The van der Waals surface area contributed by atoms with Crippen molar-refractivity contribution in [1.29, 1.82) is 5.26 Å². The van der Waals surface area contributed by atoms with E-state index in [1.807, 2.05) is 12.1 Å². The number of fused-ring (bicyclic) bond motifs is 1. The average Bonchev–Trinajstić information content (AvgIpc) is 2.68. The molecule has 0 radical (unpaired) electrons. The highest BCUT2D eigenvalue weighted by atomic mass is 16.1. The summed E-state index contributed by atoms with van der Waals surface area (Å²) < 4.78 is 0. The van der Waals surface area contributed by atoms with Crippen molar-refractivity contribution in [2.24, 2.45) is 0 Å². The lowest BCUT2D eigenvalue weighted by atomic mass is 10.1. The molecule has 2 rings (SSSR count). The minimum absolute atomic E-state index is 0.000304. The van der Waals surface area contributed by atoms with Crippen LogP contribution >= 0.6 is 0 Å². The van der Waals surface area contributed by atoms with Gasteiger partial charge in [-0.15, -0.1) is 0 Å². The number of rotatable bonds is 4. The summed E-state index contributed by atoms with van der Waals surface area (Å²) in [7, 11) is 0. The molecule has 5 heteroatoms. The summed E-state index contributed by atoms with van der Waals surface area (Å²) in [5.74, 6) is -0.000304. The van der Waals surface area contributed by atoms with Crippen molar-refractivity contribution >= 4 is 23.0 Å². The first-order valence-corrected chi connectivity index (χ1v) is 6.38. The monoisotopic (exact) mass is 258 g/mol. The standard InChI is InChI=1S/C14H18N4O/c1-9(2)18(5-3-4-15)13-8-12-10(6-11(13)16)7-14(19)17-12/h6,8-9H,3,5,7,16H2,1-2H3,(H,17,19). The SMILES string of the molecule is CC(C)N(CCC#N)c1cc2c(cc1N)CC(=O)N2. The van der Waals surface area contributed by atoms with E-state index in [1.165, 1.54) is 0 Å². The van der Waals surface area contributed by atoms with Crippen LogP contribution in [-0.2, 0) is 11.2 Å². The smallest absolute Gasteiger partial charge is 0.228 e. The number of anilines is 3.